The summed E-state index contributed by atoms with van der Waals surface area (Å²) in [7, 11) is 0. The number of carbonyl (C=O) groups is 3. The molecule has 3 heterocycles. The lowest BCUT2D eigenvalue weighted by molar-refractivity contribution is -0.113. The topological polar surface area (TPSA) is 115 Å². The SMILES string of the molecule is CCOC(=O)c1c(NC(=O)CSc2nnc(CNC(=O)c3cccs3)n2CCc2ccccc2)sc2c1CCCCC2. The van der Waals surface area contributed by atoms with E-state index in [9.17, 15) is 14.4 Å². The minimum atomic E-state index is -0.380. The van der Waals surface area contributed by atoms with Crippen LogP contribution in [-0.4, -0.2) is 44.9 Å². The first-order valence-electron chi connectivity index (χ1n) is 14.1. The lowest BCUT2D eigenvalue weighted by Gasteiger charge is -2.11. The van der Waals surface area contributed by atoms with Crippen molar-refractivity contribution in [3.05, 3.63) is 80.1 Å². The normalized spacial score (nSPS) is 12.8. The number of hydrogen-bond acceptors (Lipinski definition) is 9. The Balaban J connectivity index is 1.29. The summed E-state index contributed by atoms with van der Waals surface area (Å²) in [6.07, 6.45) is 5.71. The van der Waals surface area contributed by atoms with Gasteiger partial charge in [-0.15, -0.1) is 32.9 Å². The maximum absolute atomic E-state index is 13.2. The van der Waals surface area contributed by atoms with Gasteiger partial charge in [0.25, 0.3) is 5.91 Å². The third kappa shape index (κ3) is 7.47. The molecule has 0 radical (unpaired) electrons. The number of rotatable bonds is 12. The second-order valence-corrected chi connectivity index (χ2v) is 12.8. The number of anilines is 1. The van der Waals surface area contributed by atoms with Crippen LogP contribution in [0.3, 0.4) is 0 Å². The number of ether oxygens (including phenoxy) is 1. The van der Waals surface area contributed by atoms with Gasteiger partial charge in [-0.2, -0.15) is 0 Å². The Morgan fingerprint density at radius 1 is 1.05 bits per heavy atom. The second kappa shape index (κ2) is 14.6. The Kier molecular flexibility index (Phi) is 10.4. The van der Waals surface area contributed by atoms with E-state index in [1.807, 2.05) is 34.2 Å². The number of aryl methyl sites for hydroxylation is 2. The molecule has 2 amide bonds. The fourth-order valence-corrected chi connectivity index (χ4v) is 7.58. The van der Waals surface area contributed by atoms with Crippen molar-refractivity contribution in [1.82, 2.24) is 20.1 Å². The van der Waals surface area contributed by atoms with Gasteiger partial charge in [-0.1, -0.05) is 54.6 Å². The molecule has 0 saturated heterocycles. The number of fused-ring (bicyclic) bond motifs is 1. The van der Waals surface area contributed by atoms with Crippen LogP contribution in [-0.2, 0) is 41.9 Å². The minimum Gasteiger partial charge on any atom is -0.462 e. The number of nitrogens with zero attached hydrogens (tertiary/aromatic N) is 3. The molecule has 0 bridgehead atoms. The summed E-state index contributed by atoms with van der Waals surface area (Å²) < 4.78 is 7.31. The number of nitrogens with one attached hydrogen (secondary N) is 2. The summed E-state index contributed by atoms with van der Waals surface area (Å²) in [6, 6.07) is 13.7. The van der Waals surface area contributed by atoms with E-state index in [1.54, 1.807) is 13.0 Å². The monoisotopic (exact) mass is 623 g/mol. The highest BCUT2D eigenvalue weighted by atomic mass is 32.2. The van der Waals surface area contributed by atoms with Gasteiger partial charge < -0.3 is 19.9 Å². The molecule has 1 aliphatic rings. The average molecular weight is 624 g/mol. The summed E-state index contributed by atoms with van der Waals surface area (Å²) >= 11 is 4.14. The van der Waals surface area contributed by atoms with E-state index < -0.39 is 0 Å². The minimum absolute atomic E-state index is 0.0931. The van der Waals surface area contributed by atoms with Gasteiger partial charge in [-0.05, 0) is 61.6 Å². The van der Waals surface area contributed by atoms with Crippen LogP contribution in [0, 0.1) is 0 Å². The molecule has 0 saturated carbocycles. The van der Waals surface area contributed by atoms with Gasteiger partial charge in [0.15, 0.2) is 11.0 Å². The van der Waals surface area contributed by atoms with Crippen molar-refractivity contribution in [3.8, 4) is 0 Å². The maximum atomic E-state index is 13.2. The molecule has 0 unspecified atom stereocenters. The van der Waals surface area contributed by atoms with Gasteiger partial charge in [-0.25, -0.2) is 4.79 Å². The number of aromatic nitrogens is 3. The van der Waals surface area contributed by atoms with Gasteiger partial charge >= 0.3 is 5.97 Å². The molecule has 0 aliphatic heterocycles. The molecule has 0 spiro atoms. The zero-order valence-electron chi connectivity index (χ0n) is 23.4. The Morgan fingerprint density at radius 3 is 2.67 bits per heavy atom. The fraction of sp³-hybridized carbons (Fsp3) is 0.367. The van der Waals surface area contributed by atoms with Gasteiger partial charge in [0.05, 0.1) is 29.3 Å². The highest BCUT2D eigenvalue weighted by Crippen LogP contribution is 2.38. The largest absolute Gasteiger partial charge is 0.462 e. The van der Waals surface area contributed by atoms with E-state index in [4.69, 9.17) is 4.74 Å². The summed E-state index contributed by atoms with van der Waals surface area (Å²) in [5.41, 5.74) is 2.69. The molecule has 2 N–H and O–H groups in total. The number of benzene rings is 1. The third-order valence-electron chi connectivity index (χ3n) is 6.90. The van der Waals surface area contributed by atoms with Gasteiger partial charge in [-0.3, -0.25) is 9.59 Å². The van der Waals surface area contributed by atoms with E-state index in [0.717, 1.165) is 54.5 Å². The van der Waals surface area contributed by atoms with E-state index in [-0.39, 0.29) is 36.7 Å². The van der Waals surface area contributed by atoms with Crippen molar-refractivity contribution in [2.75, 3.05) is 17.7 Å². The second-order valence-electron chi connectivity index (χ2n) is 9.77. The van der Waals surface area contributed by atoms with E-state index in [0.29, 0.717) is 33.0 Å². The Labute approximate surface area is 257 Å². The highest BCUT2D eigenvalue weighted by Gasteiger charge is 2.27. The van der Waals surface area contributed by atoms with Crippen LogP contribution in [0.5, 0.6) is 0 Å². The van der Waals surface area contributed by atoms with Crippen LogP contribution in [0.2, 0.25) is 0 Å². The van der Waals surface area contributed by atoms with Crippen LogP contribution in [0.4, 0.5) is 5.00 Å². The van der Waals surface area contributed by atoms with E-state index >= 15 is 0 Å². The van der Waals surface area contributed by atoms with Crippen molar-refractivity contribution >= 4 is 57.2 Å². The first kappa shape index (κ1) is 30.0. The van der Waals surface area contributed by atoms with Gasteiger partial charge in [0.1, 0.15) is 5.00 Å². The molecular formula is C30H33N5O4S3. The molecule has 12 heteroatoms. The zero-order chi connectivity index (χ0) is 29.3. The first-order valence-corrected chi connectivity index (χ1v) is 16.7. The molecule has 0 atom stereocenters. The Bertz CT molecular complexity index is 1520. The predicted octanol–water partition coefficient (Wildman–Crippen LogP) is 5.75. The van der Waals surface area contributed by atoms with Crippen molar-refractivity contribution in [3.63, 3.8) is 0 Å². The highest BCUT2D eigenvalue weighted by molar-refractivity contribution is 7.99. The zero-order valence-corrected chi connectivity index (χ0v) is 25.8. The molecule has 0 fully saturated rings. The number of thioether (sulfide) groups is 1. The van der Waals surface area contributed by atoms with Crippen LogP contribution in [0.25, 0.3) is 0 Å². The van der Waals surface area contributed by atoms with Crippen molar-refractivity contribution in [1.29, 1.82) is 0 Å². The maximum Gasteiger partial charge on any atom is 0.341 e. The lowest BCUT2D eigenvalue weighted by Crippen LogP contribution is -2.24. The third-order valence-corrected chi connectivity index (χ3v) is 9.94. The first-order chi connectivity index (χ1) is 20.5. The summed E-state index contributed by atoms with van der Waals surface area (Å²) in [6.45, 7) is 2.87. The standard InChI is InChI=1S/C30H33N5O4S3/c1-2-39-29(38)26-21-12-7-4-8-13-22(21)42-28(26)32-25(36)19-41-30-34-33-24(18-31-27(37)23-14-9-17-40-23)35(30)16-15-20-10-5-3-6-11-20/h3,5-6,9-11,14,17H,2,4,7-8,12-13,15-16,18-19H2,1H3,(H,31,37)(H,32,36). The van der Waals surface area contributed by atoms with Crippen molar-refractivity contribution < 1.29 is 19.1 Å². The van der Waals surface area contributed by atoms with Crippen molar-refractivity contribution in [2.24, 2.45) is 0 Å². The van der Waals surface area contributed by atoms with Gasteiger partial charge in [0, 0.05) is 11.4 Å². The molecule has 1 aromatic carbocycles. The molecule has 1 aliphatic carbocycles. The summed E-state index contributed by atoms with van der Waals surface area (Å²) in [5, 5.41) is 17.6. The number of carbonyl (C=O) groups excluding carboxylic acids is 3. The van der Waals surface area contributed by atoms with E-state index in [1.165, 1.54) is 34.4 Å². The molecule has 4 aromatic rings. The summed E-state index contributed by atoms with van der Waals surface area (Å²) in [5.74, 6) is -0.0642. The molecule has 5 rings (SSSR count). The molecule has 220 valence electrons. The van der Waals surface area contributed by atoms with E-state index in [2.05, 4.69) is 33.0 Å². The average Bonchev–Trinajstić information content (AvgIpc) is 3.71. The Hall–Kier alpha value is -3.48. The van der Waals surface area contributed by atoms with Gasteiger partial charge in [0.2, 0.25) is 5.91 Å². The number of esters is 1. The molecule has 9 nitrogen and oxygen atoms in total. The fourth-order valence-electron chi connectivity index (χ4n) is 4.86. The number of hydrogen-bond donors (Lipinski definition) is 2. The smallest absolute Gasteiger partial charge is 0.341 e. The van der Waals surface area contributed by atoms with Crippen LogP contribution < -0.4 is 10.6 Å². The number of thiophene rings is 2. The molecule has 42 heavy (non-hydrogen) atoms. The molecular weight excluding hydrogens is 591 g/mol. The van der Waals surface area contributed by atoms with Crippen LogP contribution >= 0.6 is 34.4 Å². The quantitative estimate of drug-likeness (QED) is 0.117. The number of amides is 2. The van der Waals surface area contributed by atoms with Crippen molar-refractivity contribution in [2.45, 2.75) is 63.7 Å². The summed E-state index contributed by atoms with van der Waals surface area (Å²) in [4.78, 5) is 40.3. The lowest BCUT2D eigenvalue weighted by atomic mass is 10.1. The van der Waals surface area contributed by atoms with Crippen LogP contribution in [0.1, 0.15) is 68.0 Å². The van der Waals surface area contributed by atoms with Crippen LogP contribution in [0.15, 0.2) is 53.0 Å². The predicted molar refractivity (Wildman–Crippen MR) is 167 cm³/mol. The molecule has 3 aromatic heterocycles. The Morgan fingerprint density at radius 2 is 1.88 bits per heavy atom.